The van der Waals surface area contributed by atoms with Crippen LogP contribution < -0.4 is 11.1 Å². The number of rotatable bonds is 6. The number of carbonyl (C=O) groups is 2. The first kappa shape index (κ1) is 22.7. The number of piperidine rings is 1. The second-order valence-electron chi connectivity index (χ2n) is 7.00. The Hall–Kier alpha value is -1.62. The van der Waals surface area contributed by atoms with E-state index in [2.05, 4.69) is 5.32 Å². The molecular weight excluding hydrogens is 408 g/mol. The van der Waals surface area contributed by atoms with Crippen LogP contribution in [0.5, 0.6) is 0 Å². The molecule has 0 bridgehead atoms. The van der Waals surface area contributed by atoms with Crippen LogP contribution in [0.2, 0.25) is 0 Å². The molecule has 2 aliphatic heterocycles. The predicted molar refractivity (Wildman–Crippen MR) is 105 cm³/mol. The largest absolute Gasteiger partial charge is 0.438 e. The fourth-order valence-corrected chi connectivity index (χ4v) is 4.89. The standard InChI is InChI=1S/C17H26N4O5S.ClH/c18-17(23)14-2-4-16(26-14)27(24,25)21-11-9-20(10-12-21)15(22)3-1-13-5-7-19-8-6-13;/h2,4,13,19H,1,3,5-12H2,(H2,18,23);1H. The minimum atomic E-state index is -3.84. The van der Waals surface area contributed by atoms with Crippen LogP contribution in [0.15, 0.2) is 21.6 Å². The summed E-state index contributed by atoms with van der Waals surface area (Å²) in [7, 11) is -3.84. The second kappa shape index (κ2) is 9.73. The Bertz CT molecular complexity index is 783. The molecule has 1 aromatic rings. The number of carbonyl (C=O) groups excluding carboxylic acids is 2. The highest BCUT2D eigenvalue weighted by atomic mass is 35.5. The summed E-state index contributed by atoms with van der Waals surface area (Å²) < 4.78 is 31.5. The van der Waals surface area contributed by atoms with Crippen LogP contribution in [0.3, 0.4) is 0 Å². The molecule has 2 amide bonds. The number of nitrogens with one attached hydrogen (secondary N) is 1. The monoisotopic (exact) mass is 434 g/mol. The second-order valence-corrected chi connectivity index (χ2v) is 8.87. The van der Waals surface area contributed by atoms with E-state index in [1.165, 1.54) is 16.4 Å². The minimum absolute atomic E-state index is 0. The van der Waals surface area contributed by atoms with Gasteiger partial charge in [-0.05, 0) is 50.4 Å². The molecule has 0 aliphatic carbocycles. The Labute approximate surface area is 171 Å². The lowest BCUT2D eigenvalue weighted by Gasteiger charge is -2.34. The topological polar surface area (TPSA) is 126 Å². The summed E-state index contributed by atoms with van der Waals surface area (Å²) >= 11 is 0. The van der Waals surface area contributed by atoms with Crippen molar-refractivity contribution in [3.63, 3.8) is 0 Å². The summed E-state index contributed by atoms with van der Waals surface area (Å²) in [4.78, 5) is 25.2. The zero-order valence-corrected chi connectivity index (χ0v) is 17.3. The van der Waals surface area contributed by atoms with Crippen LogP contribution >= 0.6 is 12.4 Å². The van der Waals surface area contributed by atoms with Crippen LogP contribution in [-0.2, 0) is 14.8 Å². The van der Waals surface area contributed by atoms with E-state index in [1.807, 2.05) is 0 Å². The summed E-state index contributed by atoms with van der Waals surface area (Å²) in [5, 5.41) is 3.01. The Balaban J connectivity index is 0.00000280. The maximum absolute atomic E-state index is 12.6. The minimum Gasteiger partial charge on any atom is -0.438 e. The van der Waals surface area contributed by atoms with Gasteiger partial charge in [0.2, 0.25) is 11.0 Å². The lowest BCUT2D eigenvalue weighted by Crippen LogP contribution is -2.50. The van der Waals surface area contributed by atoms with Crippen LogP contribution in [0.1, 0.15) is 36.2 Å². The van der Waals surface area contributed by atoms with Gasteiger partial charge >= 0.3 is 0 Å². The fraction of sp³-hybridized carbons (Fsp3) is 0.647. The van der Waals surface area contributed by atoms with Crippen molar-refractivity contribution in [2.24, 2.45) is 11.7 Å². The third-order valence-electron chi connectivity index (χ3n) is 5.23. The van der Waals surface area contributed by atoms with Gasteiger partial charge in [0.25, 0.3) is 15.9 Å². The van der Waals surface area contributed by atoms with Gasteiger partial charge in [0, 0.05) is 32.6 Å². The summed E-state index contributed by atoms with van der Waals surface area (Å²) in [6, 6.07) is 2.47. The summed E-state index contributed by atoms with van der Waals surface area (Å²) in [5.41, 5.74) is 5.09. The first-order valence-corrected chi connectivity index (χ1v) is 10.7. The van der Waals surface area contributed by atoms with Gasteiger partial charge in [-0.3, -0.25) is 9.59 Å². The highest BCUT2D eigenvalue weighted by Crippen LogP contribution is 2.22. The molecule has 2 saturated heterocycles. The van der Waals surface area contributed by atoms with Crippen molar-refractivity contribution in [1.82, 2.24) is 14.5 Å². The molecular formula is C17H27ClN4O5S. The number of nitrogens with zero attached hydrogens (tertiary/aromatic N) is 2. The quantitative estimate of drug-likeness (QED) is 0.667. The average molecular weight is 435 g/mol. The van der Waals surface area contributed by atoms with E-state index in [9.17, 15) is 18.0 Å². The molecule has 9 nitrogen and oxygen atoms in total. The highest BCUT2D eigenvalue weighted by molar-refractivity contribution is 7.89. The molecule has 3 heterocycles. The van der Waals surface area contributed by atoms with E-state index in [1.54, 1.807) is 4.90 Å². The molecule has 0 unspecified atom stereocenters. The van der Waals surface area contributed by atoms with Crippen molar-refractivity contribution in [2.75, 3.05) is 39.3 Å². The smallest absolute Gasteiger partial charge is 0.284 e. The molecule has 2 fully saturated rings. The van der Waals surface area contributed by atoms with Crippen molar-refractivity contribution in [3.05, 3.63) is 17.9 Å². The number of piperazine rings is 1. The van der Waals surface area contributed by atoms with Crippen LogP contribution in [0, 0.1) is 5.92 Å². The van der Waals surface area contributed by atoms with Gasteiger partial charge in [-0.2, -0.15) is 4.31 Å². The number of furan rings is 1. The first-order valence-electron chi connectivity index (χ1n) is 9.26. The van der Waals surface area contributed by atoms with Crippen LogP contribution in [0.25, 0.3) is 0 Å². The van der Waals surface area contributed by atoms with Crippen molar-refractivity contribution in [1.29, 1.82) is 0 Å². The molecule has 3 rings (SSSR count). The van der Waals surface area contributed by atoms with Crippen molar-refractivity contribution < 1.29 is 22.4 Å². The molecule has 3 N–H and O–H groups in total. The van der Waals surface area contributed by atoms with E-state index in [-0.39, 0.29) is 42.3 Å². The molecule has 0 spiro atoms. The first-order chi connectivity index (χ1) is 12.9. The number of hydrogen-bond acceptors (Lipinski definition) is 6. The third kappa shape index (κ3) is 5.25. The summed E-state index contributed by atoms with van der Waals surface area (Å²) in [5.74, 6) is -0.337. The summed E-state index contributed by atoms with van der Waals surface area (Å²) in [6.45, 7) is 3.14. The SMILES string of the molecule is Cl.NC(=O)c1ccc(S(=O)(=O)N2CCN(C(=O)CCC3CCNCC3)CC2)o1. The van der Waals surface area contributed by atoms with Gasteiger partial charge < -0.3 is 20.4 Å². The van der Waals surface area contributed by atoms with E-state index in [0.29, 0.717) is 25.4 Å². The lowest BCUT2D eigenvalue weighted by atomic mass is 9.93. The molecule has 2 aliphatic rings. The van der Waals surface area contributed by atoms with Gasteiger partial charge in [0.1, 0.15) is 0 Å². The number of hydrogen-bond donors (Lipinski definition) is 2. The number of sulfonamides is 1. The van der Waals surface area contributed by atoms with Gasteiger partial charge in [-0.1, -0.05) is 0 Å². The maximum Gasteiger partial charge on any atom is 0.284 e. The lowest BCUT2D eigenvalue weighted by molar-refractivity contribution is -0.132. The van der Waals surface area contributed by atoms with Crippen molar-refractivity contribution >= 4 is 34.2 Å². The molecule has 158 valence electrons. The molecule has 11 heteroatoms. The number of halogens is 1. The summed E-state index contributed by atoms with van der Waals surface area (Å²) in [6.07, 6.45) is 3.62. The zero-order valence-electron chi connectivity index (χ0n) is 15.6. The zero-order chi connectivity index (χ0) is 19.4. The van der Waals surface area contributed by atoms with Gasteiger partial charge in [0.15, 0.2) is 5.76 Å². The Morgan fingerprint density at radius 3 is 2.36 bits per heavy atom. The fourth-order valence-electron chi connectivity index (χ4n) is 3.55. The van der Waals surface area contributed by atoms with Gasteiger partial charge in [-0.25, -0.2) is 8.42 Å². The molecule has 0 atom stereocenters. The Kier molecular flexibility index (Phi) is 7.87. The van der Waals surface area contributed by atoms with E-state index in [0.717, 1.165) is 32.4 Å². The van der Waals surface area contributed by atoms with Crippen LogP contribution in [0.4, 0.5) is 0 Å². The Morgan fingerprint density at radius 1 is 1.14 bits per heavy atom. The molecule has 0 aromatic carbocycles. The predicted octanol–water partition coefficient (Wildman–Crippen LogP) is 0.413. The number of primary amides is 1. The van der Waals surface area contributed by atoms with Gasteiger partial charge in [0.05, 0.1) is 0 Å². The molecule has 0 radical (unpaired) electrons. The highest BCUT2D eigenvalue weighted by Gasteiger charge is 2.32. The van der Waals surface area contributed by atoms with E-state index >= 15 is 0 Å². The maximum atomic E-state index is 12.6. The number of nitrogens with two attached hydrogens (primary N) is 1. The Morgan fingerprint density at radius 2 is 1.79 bits per heavy atom. The molecule has 1 aromatic heterocycles. The van der Waals surface area contributed by atoms with Gasteiger partial charge in [-0.15, -0.1) is 12.4 Å². The average Bonchev–Trinajstić information content (AvgIpc) is 3.18. The third-order valence-corrected chi connectivity index (χ3v) is 7.01. The normalized spacial score (nSPS) is 19.2. The number of amides is 2. The van der Waals surface area contributed by atoms with Crippen molar-refractivity contribution in [3.8, 4) is 0 Å². The van der Waals surface area contributed by atoms with E-state index in [4.69, 9.17) is 10.2 Å². The molecule has 28 heavy (non-hydrogen) atoms. The van der Waals surface area contributed by atoms with E-state index < -0.39 is 15.9 Å². The molecule has 0 saturated carbocycles. The van der Waals surface area contributed by atoms with Crippen LogP contribution in [-0.4, -0.2) is 68.7 Å². The van der Waals surface area contributed by atoms with Crippen molar-refractivity contribution in [2.45, 2.75) is 30.8 Å².